The summed E-state index contributed by atoms with van der Waals surface area (Å²) in [6.45, 7) is -0.623. The van der Waals surface area contributed by atoms with Gasteiger partial charge in [-0.3, -0.25) is 4.79 Å². The third-order valence-electron chi connectivity index (χ3n) is 4.00. The van der Waals surface area contributed by atoms with Crippen LogP contribution in [-0.2, 0) is 9.53 Å². The minimum atomic E-state index is -2.31. The zero-order valence-corrected chi connectivity index (χ0v) is 13.2. The molecule has 2 aromatic rings. The van der Waals surface area contributed by atoms with E-state index in [4.69, 9.17) is 4.74 Å². The van der Waals surface area contributed by atoms with Gasteiger partial charge in [-0.15, -0.1) is 0 Å². The fraction of sp³-hybridized carbons (Fsp3) is 0.111. The molecule has 134 valence electrons. The molecule has 0 radical (unpaired) electrons. The second-order valence-electron chi connectivity index (χ2n) is 5.78. The minimum absolute atomic E-state index is 0.138. The first kappa shape index (κ1) is 17.3. The molecule has 1 atom stereocenters. The highest BCUT2D eigenvalue weighted by atomic mass is 16.6. The zero-order valence-electron chi connectivity index (χ0n) is 13.2. The molecule has 0 bridgehead atoms. The highest BCUT2D eigenvalue weighted by Gasteiger charge is 2.50. The van der Waals surface area contributed by atoms with Crippen LogP contribution in [0.5, 0.6) is 23.0 Å². The summed E-state index contributed by atoms with van der Waals surface area (Å²) in [5, 5.41) is 48.5. The third kappa shape index (κ3) is 2.82. The van der Waals surface area contributed by atoms with Crippen molar-refractivity contribution in [1.82, 2.24) is 0 Å². The average Bonchev–Trinajstić information content (AvgIpc) is 2.89. The minimum Gasteiger partial charge on any atom is -0.504 e. The molecule has 1 fully saturated rings. The summed E-state index contributed by atoms with van der Waals surface area (Å²) in [5.41, 5.74) is -2.57. The van der Waals surface area contributed by atoms with Gasteiger partial charge in [0.2, 0.25) is 5.78 Å². The first-order valence-corrected chi connectivity index (χ1v) is 7.43. The van der Waals surface area contributed by atoms with Crippen LogP contribution in [0.2, 0.25) is 0 Å². The maximum Gasteiger partial charge on any atom is 0.337 e. The van der Waals surface area contributed by atoms with E-state index in [-0.39, 0.29) is 22.4 Å². The van der Waals surface area contributed by atoms with Gasteiger partial charge in [0, 0.05) is 5.56 Å². The number of cyclic esters (lactones) is 1. The van der Waals surface area contributed by atoms with Crippen LogP contribution in [0, 0.1) is 0 Å². The monoisotopic (exact) mass is 358 g/mol. The molecule has 2 aromatic carbocycles. The number of carbonyl (C=O) groups excluding carboxylic acids is 2. The number of benzene rings is 2. The van der Waals surface area contributed by atoms with Crippen molar-refractivity contribution in [2.24, 2.45) is 0 Å². The van der Waals surface area contributed by atoms with Gasteiger partial charge in [0.25, 0.3) is 0 Å². The Labute approximate surface area is 146 Å². The highest BCUT2D eigenvalue weighted by Crippen LogP contribution is 2.35. The van der Waals surface area contributed by atoms with E-state index < -0.39 is 41.2 Å². The van der Waals surface area contributed by atoms with E-state index in [9.17, 15) is 35.1 Å². The van der Waals surface area contributed by atoms with E-state index in [1.807, 2.05) is 0 Å². The number of ketones is 1. The van der Waals surface area contributed by atoms with Gasteiger partial charge in [0.05, 0.1) is 5.57 Å². The largest absolute Gasteiger partial charge is 0.504 e. The van der Waals surface area contributed by atoms with E-state index >= 15 is 0 Å². The number of rotatable bonds is 3. The molecule has 0 spiro atoms. The van der Waals surface area contributed by atoms with Crippen molar-refractivity contribution in [2.75, 3.05) is 6.61 Å². The maximum atomic E-state index is 12.7. The van der Waals surface area contributed by atoms with E-state index in [1.54, 1.807) is 0 Å². The Morgan fingerprint density at radius 2 is 1.58 bits per heavy atom. The van der Waals surface area contributed by atoms with Crippen molar-refractivity contribution < 1.29 is 39.9 Å². The molecule has 1 aliphatic heterocycles. The van der Waals surface area contributed by atoms with Crippen molar-refractivity contribution in [3.63, 3.8) is 0 Å². The van der Waals surface area contributed by atoms with E-state index in [1.165, 1.54) is 18.2 Å². The SMILES string of the molecule is O=C1OC[C@](O)(C(=O)c2ccc(O)c(O)c2)/C1=C\c1ccc(O)c(O)c1. The average molecular weight is 358 g/mol. The Bertz CT molecular complexity index is 946. The third-order valence-corrected chi connectivity index (χ3v) is 4.00. The summed E-state index contributed by atoms with van der Waals surface area (Å²) in [4.78, 5) is 24.7. The molecule has 8 nitrogen and oxygen atoms in total. The second-order valence-corrected chi connectivity index (χ2v) is 5.78. The normalized spacial score (nSPS) is 21.0. The zero-order chi connectivity index (χ0) is 19.1. The van der Waals surface area contributed by atoms with Crippen LogP contribution in [0.3, 0.4) is 0 Å². The molecule has 1 saturated heterocycles. The number of esters is 1. The van der Waals surface area contributed by atoms with Gasteiger partial charge < -0.3 is 30.3 Å². The number of hydrogen-bond donors (Lipinski definition) is 5. The lowest BCUT2D eigenvalue weighted by molar-refractivity contribution is -0.135. The molecule has 0 aromatic heterocycles. The van der Waals surface area contributed by atoms with Crippen LogP contribution in [0.4, 0.5) is 0 Å². The Balaban J connectivity index is 2.04. The van der Waals surface area contributed by atoms with Gasteiger partial charge in [0.15, 0.2) is 28.6 Å². The van der Waals surface area contributed by atoms with Crippen molar-refractivity contribution in [1.29, 1.82) is 0 Å². The van der Waals surface area contributed by atoms with Crippen molar-refractivity contribution >= 4 is 17.8 Å². The summed E-state index contributed by atoms with van der Waals surface area (Å²) in [5.74, 6) is -3.64. The first-order chi connectivity index (χ1) is 12.2. The summed E-state index contributed by atoms with van der Waals surface area (Å²) < 4.78 is 4.80. The molecule has 0 aliphatic carbocycles. The van der Waals surface area contributed by atoms with Crippen molar-refractivity contribution in [3.05, 3.63) is 53.1 Å². The smallest absolute Gasteiger partial charge is 0.337 e. The Hall–Kier alpha value is -3.52. The van der Waals surface area contributed by atoms with Crippen LogP contribution in [0.1, 0.15) is 15.9 Å². The number of hydrogen-bond acceptors (Lipinski definition) is 8. The predicted molar refractivity (Wildman–Crippen MR) is 87.8 cm³/mol. The van der Waals surface area contributed by atoms with Crippen LogP contribution in [0.15, 0.2) is 42.0 Å². The van der Waals surface area contributed by atoms with Gasteiger partial charge in [-0.25, -0.2) is 4.79 Å². The van der Waals surface area contributed by atoms with Gasteiger partial charge in [-0.1, -0.05) is 6.07 Å². The Morgan fingerprint density at radius 1 is 0.962 bits per heavy atom. The highest BCUT2D eigenvalue weighted by molar-refractivity contribution is 6.14. The number of phenols is 4. The van der Waals surface area contributed by atoms with Gasteiger partial charge in [-0.2, -0.15) is 0 Å². The summed E-state index contributed by atoms with van der Waals surface area (Å²) in [6, 6.07) is 6.91. The molecule has 0 unspecified atom stereocenters. The number of ether oxygens (including phenoxy) is 1. The number of phenolic OH excluding ortho intramolecular Hbond substituents is 4. The molecule has 5 N–H and O–H groups in total. The predicted octanol–water partition coefficient (Wildman–Crippen LogP) is 1.06. The molecule has 26 heavy (non-hydrogen) atoms. The molecule has 0 saturated carbocycles. The second kappa shape index (κ2) is 6.08. The van der Waals surface area contributed by atoms with Crippen LogP contribution < -0.4 is 0 Å². The van der Waals surface area contributed by atoms with Crippen LogP contribution in [-0.4, -0.2) is 49.5 Å². The fourth-order valence-corrected chi connectivity index (χ4v) is 2.56. The number of aliphatic hydroxyl groups is 1. The standard InChI is InChI=1S/C18H14O8/c19-12-3-1-9(6-14(12)21)5-11-17(24)26-8-18(11,25)16(23)10-2-4-13(20)15(22)7-10/h1-7,19-22,25H,8H2/b11-5-/t18-/m1/s1. The molecule has 0 amide bonds. The topological polar surface area (TPSA) is 145 Å². The molecular formula is C18H14O8. The summed E-state index contributed by atoms with van der Waals surface area (Å²) >= 11 is 0. The lowest BCUT2D eigenvalue weighted by Crippen LogP contribution is -2.41. The molecule has 8 heteroatoms. The molecular weight excluding hydrogens is 344 g/mol. The van der Waals surface area contributed by atoms with Gasteiger partial charge in [0.1, 0.15) is 6.61 Å². The van der Waals surface area contributed by atoms with E-state index in [2.05, 4.69) is 0 Å². The molecule has 1 heterocycles. The van der Waals surface area contributed by atoms with Crippen LogP contribution >= 0.6 is 0 Å². The first-order valence-electron chi connectivity index (χ1n) is 7.43. The fourth-order valence-electron chi connectivity index (χ4n) is 2.56. The van der Waals surface area contributed by atoms with Crippen molar-refractivity contribution in [3.8, 4) is 23.0 Å². The van der Waals surface area contributed by atoms with Gasteiger partial charge >= 0.3 is 5.97 Å². The Morgan fingerprint density at radius 3 is 2.19 bits per heavy atom. The summed E-state index contributed by atoms with van der Waals surface area (Å²) in [6.07, 6.45) is 1.16. The molecule has 1 aliphatic rings. The number of aromatic hydroxyl groups is 4. The quantitative estimate of drug-likeness (QED) is 0.237. The van der Waals surface area contributed by atoms with Gasteiger partial charge in [-0.05, 0) is 42.0 Å². The lowest BCUT2D eigenvalue weighted by atomic mass is 9.86. The summed E-state index contributed by atoms with van der Waals surface area (Å²) in [7, 11) is 0. The number of Topliss-reactive ketones (excluding diaryl/α,β-unsaturated/α-hetero) is 1. The van der Waals surface area contributed by atoms with Crippen molar-refractivity contribution in [2.45, 2.75) is 5.60 Å². The lowest BCUT2D eigenvalue weighted by Gasteiger charge is -2.19. The Kier molecular flexibility index (Phi) is 4.05. The molecule has 3 rings (SSSR count). The van der Waals surface area contributed by atoms with E-state index in [0.717, 1.165) is 24.3 Å². The van der Waals surface area contributed by atoms with E-state index in [0.29, 0.717) is 0 Å². The number of carbonyl (C=O) groups is 2. The maximum absolute atomic E-state index is 12.7. The van der Waals surface area contributed by atoms with Crippen LogP contribution in [0.25, 0.3) is 6.08 Å².